The van der Waals surface area contributed by atoms with E-state index in [4.69, 9.17) is 5.26 Å². The number of hydrogen-bond acceptors (Lipinski definition) is 3. The molecule has 1 aliphatic rings. The van der Waals surface area contributed by atoms with Crippen molar-refractivity contribution in [3.8, 4) is 11.8 Å². The van der Waals surface area contributed by atoms with Crippen molar-refractivity contribution in [2.45, 2.75) is 12.8 Å². The summed E-state index contributed by atoms with van der Waals surface area (Å²) in [4.78, 5) is 12.8. The topological polar surface area (TPSA) is 64.3 Å². The predicted octanol–water partition coefficient (Wildman–Crippen LogP) is 1.16. The number of phenols is 1. The maximum atomic E-state index is 12.3. The molecular weight excluding hydrogens is 235 g/mol. The van der Waals surface area contributed by atoms with Crippen molar-refractivity contribution in [3.05, 3.63) is 28.8 Å². The molecule has 2 rings (SSSR count). The summed E-state index contributed by atoms with van der Waals surface area (Å²) >= 11 is 0. The lowest BCUT2D eigenvalue weighted by molar-refractivity contribution is -0.132. The fraction of sp³-hybridized carbons (Fsp3) is 0.385. The number of alkyl halides is 1. The Labute approximate surface area is 104 Å². The van der Waals surface area contributed by atoms with E-state index < -0.39 is 12.6 Å². The van der Waals surface area contributed by atoms with Crippen molar-refractivity contribution >= 4 is 5.91 Å². The molecule has 0 aliphatic carbocycles. The Kier molecular flexibility index (Phi) is 3.47. The van der Waals surface area contributed by atoms with E-state index in [9.17, 15) is 14.3 Å². The highest BCUT2D eigenvalue weighted by molar-refractivity contribution is 5.77. The van der Waals surface area contributed by atoms with E-state index in [1.54, 1.807) is 12.1 Å². The van der Waals surface area contributed by atoms with Crippen molar-refractivity contribution < 1.29 is 14.3 Å². The van der Waals surface area contributed by atoms with Crippen molar-refractivity contribution in [1.82, 2.24) is 4.90 Å². The zero-order valence-corrected chi connectivity index (χ0v) is 9.82. The van der Waals surface area contributed by atoms with Gasteiger partial charge in [-0.2, -0.15) is 5.26 Å². The van der Waals surface area contributed by atoms with Gasteiger partial charge in [-0.05, 0) is 24.5 Å². The largest absolute Gasteiger partial charge is 0.506 e. The highest BCUT2D eigenvalue weighted by Gasteiger charge is 2.21. The highest BCUT2D eigenvalue weighted by Crippen LogP contribution is 2.28. The second-order valence-electron chi connectivity index (χ2n) is 4.23. The molecule has 1 N–H and O–H groups in total. The van der Waals surface area contributed by atoms with Crippen LogP contribution < -0.4 is 0 Å². The molecule has 0 aromatic heterocycles. The van der Waals surface area contributed by atoms with Gasteiger partial charge in [-0.25, -0.2) is 4.39 Å². The van der Waals surface area contributed by atoms with Crippen LogP contribution in [0.3, 0.4) is 0 Å². The van der Waals surface area contributed by atoms with Gasteiger partial charge in [0.2, 0.25) is 0 Å². The number of benzene rings is 1. The molecule has 0 saturated carbocycles. The number of aromatic hydroxyl groups is 1. The predicted molar refractivity (Wildman–Crippen MR) is 62.8 cm³/mol. The molecule has 18 heavy (non-hydrogen) atoms. The van der Waals surface area contributed by atoms with Gasteiger partial charge in [0.05, 0.1) is 5.56 Å². The molecule has 1 aliphatic heterocycles. The van der Waals surface area contributed by atoms with Gasteiger partial charge in [-0.15, -0.1) is 0 Å². The van der Waals surface area contributed by atoms with E-state index >= 15 is 0 Å². The number of hydrogen-bond donors (Lipinski definition) is 1. The Bertz CT molecular complexity index is 522. The lowest BCUT2D eigenvalue weighted by Gasteiger charge is -2.18. The number of amides is 1. The average molecular weight is 248 g/mol. The average Bonchev–Trinajstić information content (AvgIpc) is 2.61. The molecule has 0 bridgehead atoms. The summed E-state index contributed by atoms with van der Waals surface area (Å²) in [6.45, 7) is -0.176. The molecule has 5 heteroatoms. The SMILES string of the molecule is N#Cc1ccc2c(c1O)CCN(C(=O)CF)CC2. The Morgan fingerprint density at radius 1 is 1.44 bits per heavy atom. The number of fused-ring (bicyclic) bond motifs is 1. The zero-order chi connectivity index (χ0) is 13.1. The number of rotatable bonds is 1. The molecule has 0 atom stereocenters. The minimum Gasteiger partial charge on any atom is -0.506 e. The van der Waals surface area contributed by atoms with Gasteiger partial charge in [0.25, 0.3) is 5.91 Å². The molecule has 0 saturated heterocycles. The van der Waals surface area contributed by atoms with E-state index in [0.29, 0.717) is 31.5 Å². The molecule has 0 radical (unpaired) electrons. The zero-order valence-electron chi connectivity index (χ0n) is 9.82. The minimum atomic E-state index is -0.994. The summed E-state index contributed by atoms with van der Waals surface area (Å²) in [6.07, 6.45) is 1.02. The minimum absolute atomic E-state index is 0.00968. The summed E-state index contributed by atoms with van der Waals surface area (Å²) in [5.41, 5.74) is 1.85. The second-order valence-corrected chi connectivity index (χ2v) is 4.23. The van der Waals surface area contributed by atoms with Crippen molar-refractivity contribution in [2.75, 3.05) is 19.8 Å². The van der Waals surface area contributed by atoms with Crippen molar-refractivity contribution in [3.63, 3.8) is 0 Å². The number of nitrogens with zero attached hydrogens (tertiary/aromatic N) is 2. The third-order valence-electron chi connectivity index (χ3n) is 3.25. The van der Waals surface area contributed by atoms with Crippen LogP contribution in [-0.2, 0) is 17.6 Å². The summed E-state index contributed by atoms with van der Waals surface area (Å²) in [5.74, 6) is -0.535. The molecular formula is C13H13FN2O2. The fourth-order valence-corrected chi connectivity index (χ4v) is 2.23. The van der Waals surface area contributed by atoms with Crippen LogP contribution in [0, 0.1) is 11.3 Å². The molecule has 94 valence electrons. The fourth-order valence-electron chi connectivity index (χ4n) is 2.23. The number of phenolic OH excluding ortho intramolecular Hbond substituents is 1. The Hall–Kier alpha value is -2.09. The van der Waals surface area contributed by atoms with Crippen molar-refractivity contribution in [1.29, 1.82) is 5.26 Å². The van der Waals surface area contributed by atoms with Crippen LogP contribution in [0.25, 0.3) is 0 Å². The van der Waals surface area contributed by atoms with Gasteiger partial charge in [0.1, 0.15) is 11.8 Å². The Balaban J connectivity index is 2.28. The van der Waals surface area contributed by atoms with E-state index in [-0.39, 0.29) is 11.3 Å². The van der Waals surface area contributed by atoms with Crippen LogP contribution >= 0.6 is 0 Å². The summed E-state index contributed by atoms with van der Waals surface area (Å²) in [6, 6.07) is 5.28. The van der Waals surface area contributed by atoms with Crippen LogP contribution in [0.2, 0.25) is 0 Å². The molecule has 1 aromatic rings. The quantitative estimate of drug-likeness (QED) is 0.811. The maximum absolute atomic E-state index is 12.3. The van der Waals surface area contributed by atoms with Crippen LogP contribution in [0.15, 0.2) is 12.1 Å². The molecule has 4 nitrogen and oxygen atoms in total. The number of nitriles is 1. The first-order chi connectivity index (χ1) is 8.67. The van der Waals surface area contributed by atoms with Crippen LogP contribution in [0.1, 0.15) is 16.7 Å². The first kappa shape index (κ1) is 12.4. The molecule has 0 fully saturated rings. The van der Waals surface area contributed by atoms with Gasteiger partial charge in [-0.1, -0.05) is 6.07 Å². The standard InChI is InChI=1S/C13H13FN2O2/c14-7-12(17)16-5-3-9-1-2-10(8-15)13(18)11(9)4-6-16/h1-2,18H,3-7H2. The molecule has 1 heterocycles. The Morgan fingerprint density at radius 2 is 2.17 bits per heavy atom. The molecule has 0 unspecified atom stereocenters. The van der Waals surface area contributed by atoms with E-state index in [1.807, 2.05) is 6.07 Å². The molecule has 1 amide bonds. The van der Waals surface area contributed by atoms with Gasteiger partial charge < -0.3 is 10.0 Å². The summed E-state index contributed by atoms with van der Waals surface area (Å²) in [7, 11) is 0. The smallest absolute Gasteiger partial charge is 0.253 e. The van der Waals surface area contributed by atoms with Crippen LogP contribution in [0.4, 0.5) is 4.39 Å². The van der Waals surface area contributed by atoms with E-state index in [0.717, 1.165) is 5.56 Å². The number of carbonyl (C=O) groups excluding carboxylic acids is 1. The van der Waals surface area contributed by atoms with E-state index in [2.05, 4.69) is 0 Å². The van der Waals surface area contributed by atoms with Gasteiger partial charge in [-0.3, -0.25) is 4.79 Å². The first-order valence-electron chi connectivity index (χ1n) is 5.75. The summed E-state index contributed by atoms with van der Waals surface area (Å²) < 4.78 is 12.3. The summed E-state index contributed by atoms with van der Waals surface area (Å²) in [5, 5.41) is 18.8. The lowest BCUT2D eigenvalue weighted by Crippen LogP contribution is -2.34. The van der Waals surface area contributed by atoms with Gasteiger partial charge in [0.15, 0.2) is 6.67 Å². The van der Waals surface area contributed by atoms with Gasteiger partial charge >= 0.3 is 0 Å². The first-order valence-corrected chi connectivity index (χ1v) is 5.75. The van der Waals surface area contributed by atoms with Crippen molar-refractivity contribution in [2.24, 2.45) is 0 Å². The van der Waals surface area contributed by atoms with Gasteiger partial charge in [0, 0.05) is 18.7 Å². The monoisotopic (exact) mass is 248 g/mol. The molecule has 0 spiro atoms. The molecule has 1 aromatic carbocycles. The van der Waals surface area contributed by atoms with E-state index in [1.165, 1.54) is 4.90 Å². The highest BCUT2D eigenvalue weighted by atomic mass is 19.1. The lowest BCUT2D eigenvalue weighted by atomic mass is 9.99. The number of halogens is 1. The Morgan fingerprint density at radius 3 is 2.83 bits per heavy atom. The normalized spacial score (nSPS) is 14.6. The van der Waals surface area contributed by atoms with Crippen LogP contribution in [0.5, 0.6) is 5.75 Å². The maximum Gasteiger partial charge on any atom is 0.253 e. The third-order valence-corrected chi connectivity index (χ3v) is 3.25. The second kappa shape index (κ2) is 5.05. The van der Waals surface area contributed by atoms with Crippen LogP contribution in [-0.4, -0.2) is 35.7 Å². The third kappa shape index (κ3) is 2.14. The number of carbonyl (C=O) groups is 1.